The van der Waals surface area contributed by atoms with E-state index in [0.717, 1.165) is 17.0 Å². The molecular weight excluding hydrogens is 274 g/mol. The summed E-state index contributed by atoms with van der Waals surface area (Å²) in [5.41, 5.74) is 5.44. The Balaban J connectivity index is 2.04. The van der Waals surface area contributed by atoms with Gasteiger partial charge in [-0.1, -0.05) is 30.3 Å². The molecule has 0 spiro atoms. The number of non-ortho nitro benzene ring substituents is 1. The minimum atomic E-state index is -0.397. The zero-order chi connectivity index (χ0) is 14.4. The van der Waals surface area contributed by atoms with Gasteiger partial charge in [0, 0.05) is 23.6 Å². The number of nitrogen functional groups attached to an aromatic ring is 1. The number of hydrogen-bond acceptors (Lipinski definition) is 5. The van der Waals surface area contributed by atoms with E-state index in [-0.39, 0.29) is 5.69 Å². The van der Waals surface area contributed by atoms with Gasteiger partial charge in [0.25, 0.3) is 5.69 Å². The fourth-order valence-electron chi connectivity index (χ4n) is 1.81. The Morgan fingerprint density at radius 3 is 2.55 bits per heavy atom. The van der Waals surface area contributed by atoms with E-state index in [0.29, 0.717) is 5.75 Å². The molecule has 104 valence electrons. The largest absolute Gasteiger partial charge is 0.324 e. The highest BCUT2D eigenvalue weighted by Gasteiger charge is 2.10. The molecule has 0 atom stereocenters. The third kappa shape index (κ3) is 3.72. The molecule has 0 aromatic heterocycles. The molecule has 0 saturated carbocycles. The highest BCUT2D eigenvalue weighted by atomic mass is 32.2. The molecule has 0 aliphatic carbocycles. The molecule has 6 heteroatoms. The number of rotatable bonds is 6. The average molecular weight is 289 g/mol. The van der Waals surface area contributed by atoms with Crippen molar-refractivity contribution in [3.8, 4) is 0 Å². The van der Waals surface area contributed by atoms with Gasteiger partial charge in [0.15, 0.2) is 0 Å². The van der Waals surface area contributed by atoms with E-state index in [9.17, 15) is 10.1 Å². The van der Waals surface area contributed by atoms with Gasteiger partial charge in [0.05, 0.1) is 10.6 Å². The Morgan fingerprint density at radius 2 is 1.90 bits per heavy atom. The summed E-state index contributed by atoms with van der Waals surface area (Å²) < 4.78 is 0. The lowest BCUT2D eigenvalue weighted by Crippen LogP contribution is -2.09. The van der Waals surface area contributed by atoms with Crippen LogP contribution in [0.2, 0.25) is 0 Å². The van der Waals surface area contributed by atoms with Gasteiger partial charge in [-0.2, -0.15) is 11.8 Å². The lowest BCUT2D eigenvalue weighted by Gasteiger charge is -2.08. The number of hydrazine groups is 1. The van der Waals surface area contributed by atoms with Gasteiger partial charge >= 0.3 is 0 Å². The number of hydrogen-bond donors (Lipinski definition) is 2. The van der Waals surface area contributed by atoms with Crippen LogP contribution < -0.4 is 11.3 Å². The normalized spacial score (nSPS) is 10.2. The van der Waals surface area contributed by atoms with Crippen molar-refractivity contribution in [3.05, 3.63) is 69.8 Å². The smallest absolute Gasteiger partial charge is 0.269 e. The Bertz CT molecular complexity index is 590. The minimum Gasteiger partial charge on any atom is -0.324 e. The number of benzene rings is 2. The fraction of sp³-hybridized carbons (Fsp3) is 0.143. The van der Waals surface area contributed by atoms with Crippen LogP contribution >= 0.6 is 11.8 Å². The van der Waals surface area contributed by atoms with Crippen LogP contribution in [0.3, 0.4) is 0 Å². The summed E-state index contributed by atoms with van der Waals surface area (Å²) in [5.74, 6) is 6.95. The van der Waals surface area contributed by atoms with Gasteiger partial charge in [-0.25, -0.2) is 0 Å². The van der Waals surface area contributed by atoms with Crippen LogP contribution in [0.15, 0.2) is 48.5 Å². The molecule has 2 aromatic carbocycles. The van der Waals surface area contributed by atoms with E-state index in [1.165, 1.54) is 11.6 Å². The topological polar surface area (TPSA) is 81.2 Å². The fourth-order valence-corrected chi connectivity index (χ4v) is 2.80. The van der Waals surface area contributed by atoms with Crippen LogP contribution in [0.25, 0.3) is 0 Å². The van der Waals surface area contributed by atoms with Crippen molar-refractivity contribution in [2.24, 2.45) is 5.84 Å². The number of nitrogens with one attached hydrogen (secondary N) is 1. The summed E-state index contributed by atoms with van der Waals surface area (Å²) in [6.07, 6.45) is 0. The Hall–Kier alpha value is -2.05. The SMILES string of the molecule is NNc1ccc([N+](=O)[O-])cc1CSCc1ccccc1. The highest BCUT2D eigenvalue weighted by Crippen LogP contribution is 2.26. The van der Waals surface area contributed by atoms with Crippen molar-refractivity contribution >= 4 is 23.1 Å². The molecule has 0 aliphatic heterocycles. The quantitative estimate of drug-likeness (QED) is 0.484. The molecule has 0 amide bonds. The van der Waals surface area contributed by atoms with Crippen LogP contribution in [-0.2, 0) is 11.5 Å². The monoisotopic (exact) mass is 289 g/mol. The second-order valence-corrected chi connectivity index (χ2v) is 5.21. The van der Waals surface area contributed by atoms with E-state index in [1.54, 1.807) is 23.9 Å². The molecule has 20 heavy (non-hydrogen) atoms. The van der Waals surface area contributed by atoms with Crippen LogP contribution in [0.4, 0.5) is 11.4 Å². The third-order valence-corrected chi connectivity index (χ3v) is 3.88. The van der Waals surface area contributed by atoms with Crippen LogP contribution in [0.1, 0.15) is 11.1 Å². The first-order valence-electron chi connectivity index (χ1n) is 6.06. The van der Waals surface area contributed by atoms with Crippen molar-refractivity contribution in [2.75, 3.05) is 5.43 Å². The van der Waals surface area contributed by atoms with E-state index in [4.69, 9.17) is 5.84 Å². The molecule has 0 fully saturated rings. The van der Waals surface area contributed by atoms with Crippen molar-refractivity contribution in [1.29, 1.82) is 0 Å². The Kier molecular flexibility index (Phi) is 4.97. The molecule has 2 aromatic rings. The summed E-state index contributed by atoms with van der Waals surface area (Å²) in [5, 5.41) is 10.8. The van der Waals surface area contributed by atoms with Gasteiger partial charge in [-0.3, -0.25) is 16.0 Å². The average Bonchev–Trinajstić information content (AvgIpc) is 2.48. The molecule has 3 N–H and O–H groups in total. The van der Waals surface area contributed by atoms with E-state index in [1.807, 2.05) is 18.2 Å². The van der Waals surface area contributed by atoms with Gasteiger partial charge in [0.2, 0.25) is 0 Å². The van der Waals surface area contributed by atoms with Gasteiger partial charge in [-0.05, 0) is 17.2 Å². The van der Waals surface area contributed by atoms with Gasteiger partial charge in [0.1, 0.15) is 0 Å². The minimum absolute atomic E-state index is 0.0827. The molecule has 5 nitrogen and oxygen atoms in total. The molecule has 0 aliphatic rings. The standard InChI is InChI=1S/C14H15N3O2S/c15-16-14-7-6-13(17(18)19)8-12(14)10-20-9-11-4-2-1-3-5-11/h1-8,16H,9-10,15H2. The zero-order valence-corrected chi connectivity index (χ0v) is 11.6. The van der Waals surface area contributed by atoms with Crippen LogP contribution in [0, 0.1) is 10.1 Å². The van der Waals surface area contributed by atoms with Gasteiger partial charge in [-0.15, -0.1) is 0 Å². The van der Waals surface area contributed by atoms with Crippen molar-refractivity contribution in [1.82, 2.24) is 0 Å². The number of nitrogens with two attached hydrogens (primary N) is 1. The Morgan fingerprint density at radius 1 is 1.15 bits per heavy atom. The zero-order valence-electron chi connectivity index (χ0n) is 10.8. The lowest BCUT2D eigenvalue weighted by atomic mass is 10.2. The van der Waals surface area contributed by atoms with Crippen LogP contribution in [-0.4, -0.2) is 4.92 Å². The number of anilines is 1. The molecule has 0 radical (unpaired) electrons. The molecular formula is C14H15N3O2S. The van der Waals surface area contributed by atoms with Crippen molar-refractivity contribution < 1.29 is 4.92 Å². The number of nitro benzene ring substituents is 1. The summed E-state index contributed by atoms with van der Waals surface area (Å²) in [4.78, 5) is 10.4. The summed E-state index contributed by atoms with van der Waals surface area (Å²) >= 11 is 1.69. The molecule has 0 saturated heterocycles. The Labute approximate surface area is 121 Å². The molecule has 0 unspecified atom stereocenters. The van der Waals surface area contributed by atoms with Crippen molar-refractivity contribution in [2.45, 2.75) is 11.5 Å². The number of nitrogens with zero attached hydrogens (tertiary/aromatic N) is 1. The van der Waals surface area contributed by atoms with E-state index in [2.05, 4.69) is 17.6 Å². The number of nitro groups is 1. The third-order valence-electron chi connectivity index (χ3n) is 2.82. The second-order valence-electron chi connectivity index (χ2n) is 4.22. The molecule has 0 heterocycles. The van der Waals surface area contributed by atoms with Crippen molar-refractivity contribution in [3.63, 3.8) is 0 Å². The summed E-state index contributed by atoms with van der Waals surface area (Å²) in [7, 11) is 0. The number of thioether (sulfide) groups is 1. The molecule has 0 bridgehead atoms. The second kappa shape index (κ2) is 6.93. The van der Waals surface area contributed by atoms with Gasteiger partial charge < -0.3 is 5.43 Å². The molecule has 2 rings (SSSR count). The maximum absolute atomic E-state index is 10.8. The highest BCUT2D eigenvalue weighted by molar-refractivity contribution is 7.97. The van der Waals surface area contributed by atoms with Crippen LogP contribution in [0.5, 0.6) is 0 Å². The predicted molar refractivity (Wildman–Crippen MR) is 82.3 cm³/mol. The predicted octanol–water partition coefficient (Wildman–Crippen LogP) is 3.31. The van der Waals surface area contributed by atoms with E-state index >= 15 is 0 Å². The van der Waals surface area contributed by atoms with E-state index < -0.39 is 4.92 Å². The summed E-state index contributed by atoms with van der Waals surface area (Å²) in [6, 6.07) is 14.7. The maximum Gasteiger partial charge on any atom is 0.269 e. The first kappa shape index (κ1) is 14.4. The first-order valence-corrected chi connectivity index (χ1v) is 7.22. The summed E-state index contributed by atoms with van der Waals surface area (Å²) in [6.45, 7) is 0. The maximum atomic E-state index is 10.8. The lowest BCUT2D eigenvalue weighted by molar-refractivity contribution is -0.384. The first-order chi connectivity index (χ1) is 9.70.